The number of likely N-dealkylation sites (N-methyl/N-ethyl adjacent to an activating group) is 1. The highest BCUT2D eigenvalue weighted by molar-refractivity contribution is 5.42. The van der Waals surface area contributed by atoms with Gasteiger partial charge in [-0.2, -0.15) is 0 Å². The van der Waals surface area contributed by atoms with E-state index in [0.717, 1.165) is 16.8 Å². The van der Waals surface area contributed by atoms with Gasteiger partial charge in [-0.25, -0.2) is 0 Å². The predicted molar refractivity (Wildman–Crippen MR) is 83.7 cm³/mol. The fraction of sp³-hybridized carbons (Fsp3) is 0.222. The summed E-state index contributed by atoms with van der Waals surface area (Å²) in [4.78, 5) is 0. The van der Waals surface area contributed by atoms with Crippen LogP contribution < -0.4 is 5.32 Å². The quantitative estimate of drug-likeness (QED) is 0.631. The molecule has 0 unspecified atom stereocenters. The van der Waals surface area contributed by atoms with Gasteiger partial charge in [0.1, 0.15) is 0 Å². The highest BCUT2D eigenvalue weighted by Crippen LogP contribution is 2.02. The molecule has 0 heterocycles. The second-order valence-electron chi connectivity index (χ2n) is 4.56. The molecule has 0 fully saturated rings. The van der Waals surface area contributed by atoms with E-state index in [1.165, 1.54) is 5.57 Å². The van der Waals surface area contributed by atoms with Gasteiger partial charge in [0.25, 0.3) is 0 Å². The van der Waals surface area contributed by atoms with E-state index in [9.17, 15) is 0 Å². The molecule has 1 N–H and O–H groups in total. The van der Waals surface area contributed by atoms with Crippen molar-refractivity contribution in [1.82, 2.24) is 5.32 Å². The van der Waals surface area contributed by atoms with Gasteiger partial charge in [-0.15, -0.1) is 0 Å². The van der Waals surface area contributed by atoms with Gasteiger partial charge in [-0.3, -0.25) is 0 Å². The predicted octanol–water partition coefficient (Wildman–Crippen LogP) is 4.05. The number of hydrogen-bond acceptors (Lipinski definition) is 1. The third-order valence-corrected chi connectivity index (χ3v) is 2.43. The van der Waals surface area contributed by atoms with Gasteiger partial charge in [0.05, 0.1) is 0 Å². The Balaban J connectivity index is 2.85. The first kappa shape index (κ1) is 14.9. The van der Waals surface area contributed by atoms with Gasteiger partial charge in [0.15, 0.2) is 0 Å². The molecule has 0 atom stereocenters. The zero-order valence-electron chi connectivity index (χ0n) is 12.1. The van der Waals surface area contributed by atoms with Crippen LogP contribution >= 0.6 is 0 Å². The molecule has 0 amide bonds. The highest BCUT2D eigenvalue weighted by atomic mass is 14.8. The lowest BCUT2D eigenvalue weighted by molar-refractivity contribution is 1.03. The zero-order chi connectivity index (χ0) is 14.1. The molecule has 0 radical (unpaired) electrons. The SMILES string of the molecule is CNC(=C\C=C(C)C)/C=C(\C)C#Cc1ccccc1. The number of allylic oxidation sites excluding steroid dienone is 5. The summed E-state index contributed by atoms with van der Waals surface area (Å²) in [6.45, 7) is 6.18. The number of nitrogens with one attached hydrogen (secondary N) is 1. The van der Waals surface area contributed by atoms with Crippen molar-refractivity contribution in [3.63, 3.8) is 0 Å². The molecule has 0 aliphatic rings. The average Bonchev–Trinajstić information content (AvgIpc) is 2.42. The van der Waals surface area contributed by atoms with Gasteiger partial charge >= 0.3 is 0 Å². The molecule has 1 rings (SSSR count). The minimum atomic E-state index is 1.03. The third kappa shape index (κ3) is 6.33. The molecule has 1 heteroatoms. The van der Waals surface area contributed by atoms with Crippen molar-refractivity contribution < 1.29 is 0 Å². The van der Waals surface area contributed by atoms with Gasteiger partial charge in [0.2, 0.25) is 0 Å². The van der Waals surface area contributed by atoms with Crippen LogP contribution in [0, 0.1) is 11.8 Å². The minimum Gasteiger partial charge on any atom is -0.388 e. The van der Waals surface area contributed by atoms with Crippen molar-refractivity contribution in [2.45, 2.75) is 20.8 Å². The van der Waals surface area contributed by atoms with E-state index in [4.69, 9.17) is 0 Å². The maximum absolute atomic E-state index is 3.16. The van der Waals surface area contributed by atoms with E-state index < -0.39 is 0 Å². The van der Waals surface area contributed by atoms with Crippen LogP contribution in [0.5, 0.6) is 0 Å². The molecule has 1 nitrogen and oxygen atoms in total. The van der Waals surface area contributed by atoms with Crippen LogP contribution in [-0.2, 0) is 0 Å². The molecule has 19 heavy (non-hydrogen) atoms. The fourth-order valence-electron chi connectivity index (χ4n) is 1.42. The van der Waals surface area contributed by atoms with Crippen molar-refractivity contribution in [3.8, 4) is 11.8 Å². The van der Waals surface area contributed by atoms with E-state index in [2.05, 4.69) is 49.2 Å². The van der Waals surface area contributed by atoms with Crippen LogP contribution in [0.3, 0.4) is 0 Å². The van der Waals surface area contributed by atoms with E-state index in [-0.39, 0.29) is 0 Å². The number of hydrogen-bond donors (Lipinski definition) is 1. The Morgan fingerprint density at radius 3 is 2.32 bits per heavy atom. The normalized spacial score (nSPS) is 11.4. The first-order valence-electron chi connectivity index (χ1n) is 6.40. The van der Waals surface area contributed by atoms with Crippen LogP contribution in [0.4, 0.5) is 0 Å². The van der Waals surface area contributed by atoms with Crippen molar-refractivity contribution >= 4 is 0 Å². The minimum absolute atomic E-state index is 1.03. The largest absolute Gasteiger partial charge is 0.388 e. The van der Waals surface area contributed by atoms with Crippen molar-refractivity contribution in [2.75, 3.05) is 7.05 Å². The molecule has 0 saturated carbocycles. The molecule has 1 aromatic carbocycles. The molecule has 0 saturated heterocycles. The van der Waals surface area contributed by atoms with E-state index in [0.29, 0.717) is 0 Å². The Kier molecular flexibility index (Phi) is 6.26. The van der Waals surface area contributed by atoms with Crippen molar-refractivity contribution in [1.29, 1.82) is 0 Å². The number of rotatable bonds is 3. The second-order valence-corrected chi connectivity index (χ2v) is 4.56. The summed E-state index contributed by atoms with van der Waals surface area (Å²) in [5, 5.41) is 3.16. The molecule has 98 valence electrons. The molecule has 1 aromatic rings. The topological polar surface area (TPSA) is 12.0 Å². The Morgan fingerprint density at radius 2 is 1.74 bits per heavy atom. The Bertz CT molecular complexity index is 544. The Morgan fingerprint density at radius 1 is 1.05 bits per heavy atom. The summed E-state index contributed by atoms with van der Waals surface area (Å²) < 4.78 is 0. The van der Waals surface area contributed by atoms with E-state index in [1.807, 2.05) is 44.3 Å². The summed E-state index contributed by atoms with van der Waals surface area (Å²) in [6, 6.07) is 10.0. The molecule has 0 aromatic heterocycles. The molecule has 0 bridgehead atoms. The molecular weight excluding hydrogens is 230 g/mol. The monoisotopic (exact) mass is 251 g/mol. The van der Waals surface area contributed by atoms with E-state index in [1.54, 1.807) is 0 Å². The Labute approximate surface area is 116 Å². The second kappa shape index (κ2) is 8.00. The van der Waals surface area contributed by atoms with Crippen LogP contribution in [-0.4, -0.2) is 7.05 Å². The lowest BCUT2D eigenvalue weighted by Gasteiger charge is -1.99. The van der Waals surface area contributed by atoms with E-state index >= 15 is 0 Å². The van der Waals surface area contributed by atoms with Crippen LogP contribution in [0.2, 0.25) is 0 Å². The maximum atomic E-state index is 3.16. The van der Waals surface area contributed by atoms with Crippen molar-refractivity contribution in [3.05, 3.63) is 71.0 Å². The average molecular weight is 251 g/mol. The fourth-order valence-corrected chi connectivity index (χ4v) is 1.42. The van der Waals surface area contributed by atoms with Gasteiger partial charge in [0, 0.05) is 23.9 Å². The Hall–Kier alpha value is -2.20. The highest BCUT2D eigenvalue weighted by Gasteiger charge is 1.89. The summed E-state index contributed by atoms with van der Waals surface area (Å²) >= 11 is 0. The van der Waals surface area contributed by atoms with Gasteiger partial charge in [-0.05, 0) is 45.1 Å². The van der Waals surface area contributed by atoms with Crippen LogP contribution in [0.25, 0.3) is 0 Å². The van der Waals surface area contributed by atoms with Crippen molar-refractivity contribution in [2.24, 2.45) is 0 Å². The van der Waals surface area contributed by atoms with Crippen LogP contribution in [0.15, 0.2) is 65.4 Å². The lowest BCUT2D eigenvalue weighted by atomic mass is 10.2. The number of benzene rings is 1. The molecule has 0 aliphatic heterocycles. The summed E-state index contributed by atoms with van der Waals surface area (Å²) in [6.07, 6.45) is 6.19. The first-order chi connectivity index (χ1) is 9.11. The zero-order valence-corrected chi connectivity index (χ0v) is 12.1. The van der Waals surface area contributed by atoms with Gasteiger partial charge in [-0.1, -0.05) is 41.7 Å². The van der Waals surface area contributed by atoms with Crippen LogP contribution in [0.1, 0.15) is 26.3 Å². The summed E-state index contributed by atoms with van der Waals surface area (Å²) in [5.41, 5.74) is 4.40. The van der Waals surface area contributed by atoms with Gasteiger partial charge < -0.3 is 5.32 Å². The molecular formula is C18H21N. The summed E-state index contributed by atoms with van der Waals surface area (Å²) in [5.74, 6) is 6.31. The first-order valence-corrected chi connectivity index (χ1v) is 6.40. The standard InChI is InChI=1S/C18H21N/c1-15(2)10-13-18(19-4)14-16(3)11-12-17-8-6-5-7-9-17/h5-10,13-14,19H,1-4H3/b16-14+,18-13-. The maximum Gasteiger partial charge on any atom is 0.0346 e. The lowest BCUT2D eigenvalue weighted by Crippen LogP contribution is -2.03. The molecule has 0 aliphatic carbocycles. The molecule has 0 spiro atoms. The summed E-state index contributed by atoms with van der Waals surface area (Å²) in [7, 11) is 1.92. The smallest absolute Gasteiger partial charge is 0.0346 e. The third-order valence-electron chi connectivity index (χ3n) is 2.43.